The maximum absolute atomic E-state index is 13.8. The number of nitrogens with two attached hydrogens (primary N) is 2. The third-order valence-corrected chi connectivity index (χ3v) is 8.33. The molecule has 0 aromatic heterocycles. The third kappa shape index (κ3) is 16.3. The van der Waals surface area contributed by atoms with Gasteiger partial charge in [-0.3, -0.25) is 33.6 Å². The standard InChI is InChI=1S/C36H58N8O10/c1-18(2)15-25(33(50)44-29(20(5)6)36(53)54)42-35(52)28(19(3)4)43-34(51)26(16-22-11-9-8-10-12-22)41-30(47)21(7)39-32(49)24(13-14-27(38)46)40-31(48)23(37)17-45/h8-12,18-21,23-26,28-29,45H,13-17,37H2,1-7H3,(H2,38,46)(H,39,49)(H,40,48)(H,41,47)(H,42,52)(H,43,51)(H,44,50)(H,53,54)/t21-,23-,24-,25-,26-,28-,29-/m0/s1. The molecule has 0 fully saturated rings. The molecular formula is C36H58N8O10. The summed E-state index contributed by atoms with van der Waals surface area (Å²) in [6.45, 7) is 10.9. The molecule has 0 unspecified atom stereocenters. The number of carboxylic acids is 1. The quantitative estimate of drug-likeness (QED) is 0.0592. The summed E-state index contributed by atoms with van der Waals surface area (Å²) >= 11 is 0. The molecule has 0 saturated heterocycles. The number of aliphatic hydroxyl groups is 1. The Labute approximate surface area is 315 Å². The van der Waals surface area contributed by atoms with Crippen molar-refractivity contribution in [1.29, 1.82) is 0 Å². The van der Waals surface area contributed by atoms with Crippen molar-refractivity contribution in [1.82, 2.24) is 31.9 Å². The molecule has 0 aliphatic carbocycles. The van der Waals surface area contributed by atoms with E-state index in [1.165, 1.54) is 6.92 Å². The summed E-state index contributed by atoms with van der Waals surface area (Å²) in [6.07, 6.45) is -0.361. The Morgan fingerprint density at radius 3 is 1.63 bits per heavy atom. The predicted octanol–water partition coefficient (Wildman–Crippen LogP) is -1.81. The van der Waals surface area contributed by atoms with E-state index in [4.69, 9.17) is 11.5 Å². The monoisotopic (exact) mass is 762 g/mol. The van der Waals surface area contributed by atoms with Gasteiger partial charge in [0.15, 0.2) is 0 Å². The number of carboxylic acid groups (broad SMARTS) is 1. The minimum absolute atomic E-state index is 0.0218. The molecule has 18 nitrogen and oxygen atoms in total. The zero-order chi connectivity index (χ0) is 41.3. The number of hydrogen-bond acceptors (Lipinski definition) is 10. The van der Waals surface area contributed by atoms with Crippen molar-refractivity contribution in [2.75, 3.05) is 6.61 Å². The highest BCUT2D eigenvalue weighted by Crippen LogP contribution is 2.11. The van der Waals surface area contributed by atoms with E-state index < -0.39 is 108 Å². The van der Waals surface area contributed by atoms with Gasteiger partial charge in [-0.2, -0.15) is 0 Å². The van der Waals surface area contributed by atoms with Crippen molar-refractivity contribution < 1.29 is 48.6 Å². The molecule has 1 aromatic carbocycles. The van der Waals surface area contributed by atoms with E-state index in [1.807, 2.05) is 13.8 Å². The number of amides is 7. The molecule has 54 heavy (non-hydrogen) atoms. The molecule has 1 rings (SSSR count). The fraction of sp³-hybridized carbons (Fsp3) is 0.611. The van der Waals surface area contributed by atoms with Crippen molar-refractivity contribution in [2.45, 2.75) is 116 Å². The average Bonchev–Trinajstić information content (AvgIpc) is 3.09. The van der Waals surface area contributed by atoms with Crippen LogP contribution in [0.4, 0.5) is 0 Å². The van der Waals surface area contributed by atoms with Crippen LogP contribution < -0.4 is 43.4 Å². The highest BCUT2D eigenvalue weighted by atomic mass is 16.4. The Morgan fingerprint density at radius 1 is 0.630 bits per heavy atom. The van der Waals surface area contributed by atoms with E-state index in [0.29, 0.717) is 5.56 Å². The number of carbonyl (C=O) groups excluding carboxylic acids is 7. The highest BCUT2D eigenvalue weighted by molar-refractivity contribution is 5.97. The van der Waals surface area contributed by atoms with Crippen LogP contribution in [0.3, 0.4) is 0 Å². The van der Waals surface area contributed by atoms with Crippen LogP contribution in [-0.4, -0.2) is 106 Å². The molecule has 0 aliphatic heterocycles. The lowest BCUT2D eigenvalue weighted by atomic mass is 9.98. The predicted molar refractivity (Wildman–Crippen MR) is 198 cm³/mol. The van der Waals surface area contributed by atoms with Crippen LogP contribution in [0.2, 0.25) is 0 Å². The number of carbonyl (C=O) groups is 8. The van der Waals surface area contributed by atoms with Crippen LogP contribution in [0.1, 0.15) is 73.3 Å². The first-order valence-corrected chi connectivity index (χ1v) is 17.9. The van der Waals surface area contributed by atoms with E-state index in [0.717, 1.165) is 0 Å². The van der Waals surface area contributed by atoms with Gasteiger partial charge in [-0.15, -0.1) is 0 Å². The molecule has 0 bridgehead atoms. The second-order valence-corrected chi connectivity index (χ2v) is 14.3. The fourth-order valence-electron chi connectivity index (χ4n) is 5.17. The number of hydrogen-bond donors (Lipinski definition) is 10. The molecular weight excluding hydrogens is 704 g/mol. The van der Waals surface area contributed by atoms with Crippen molar-refractivity contribution in [2.24, 2.45) is 29.2 Å². The van der Waals surface area contributed by atoms with Crippen LogP contribution in [0.25, 0.3) is 0 Å². The largest absolute Gasteiger partial charge is 0.480 e. The van der Waals surface area contributed by atoms with Crippen molar-refractivity contribution >= 4 is 47.3 Å². The van der Waals surface area contributed by atoms with Gasteiger partial charge in [0.2, 0.25) is 41.4 Å². The summed E-state index contributed by atoms with van der Waals surface area (Å²) in [5.41, 5.74) is 11.4. The van der Waals surface area contributed by atoms with Crippen molar-refractivity contribution in [3.63, 3.8) is 0 Å². The van der Waals surface area contributed by atoms with Crippen molar-refractivity contribution in [3.8, 4) is 0 Å². The normalized spacial score (nSPS) is 15.1. The van der Waals surface area contributed by atoms with Gasteiger partial charge in [-0.25, -0.2) is 4.79 Å². The summed E-state index contributed by atoms with van der Waals surface area (Å²) < 4.78 is 0. The molecule has 12 N–H and O–H groups in total. The third-order valence-electron chi connectivity index (χ3n) is 8.33. The molecule has 7 amide bonds. The van der Waals surface area contributed by atoms with Gasteiger partial charge in [0.05, 0.1) is 6.61 Å². The number of rotatable bonds is 23. The van der Waals surface area contributed by atoms with Gasteiger partial charge < -0.3 is 53.6 Å². The number of aliphatic carboxylic acids is 1. The molecule has 7 atom stereocenters. The minimum Gasteiger partial charge on any atom is -0.480 e. The van der Waals surface area contributed by atoms with Crippen LogP contribution in [0, 0.1) is 17.8 Å². The maximum Gasteiger partial charge on any atom is 0.326 e. The molecule has 0 spiro atoms. The molecule has 18 heteroatoms. The van der Waals surface area contributed by atoms with Gasteiger partial charge in [-0.05, 0) is 43.1 Å². The minimum atomic E-state index is -1.35. The fourth-order valence-corrected chi connectivity index (χ4v) is 5.17. The van der Waals surface area contributed by atoms with Gasteiger partial charge in [0, 0.05) is 12.8 Å². The van der Waals surface area contributed by atoms with Gasteiger partial charge >= 0.3 is 5.97 Å². The molecule has 0 saturated carbocycles. The SMILES string of the molecule is CC(C)C[C@H](NC(=O)[C@@H](NC(=O)[C@H](Cc1ccccc1)NC(=O)[C@H](C)NC(=O)[C@H](CCC(N)=O)NC(=O)[C@@H](N)CO)C(C)C)C(=O)N[C@H](C(=O)O)C(C)C. The number of aliphatic hydroxyl groups excluding tert-OH is 1. The smallest absolute Gasteiger partial charge is 0.326 e. The first-order valence-electron chi connectivity index (χ1n) is 17.9. The summed E-state index contributed by atoms with van der Waals surface area (Å²) in [6, 6.07) is -0.0433. The Kier molecular flexibility index (Phi) is 19.9. The zero-order valence-electron chi connectivity index (χ0n) is 32.0. The van der Waals surface area contributed by atoms with Crippen LogP contribution in [0.15, 0.2) is 30.3 Å². The second-order valence-electron chi connectivity index (χ2n) is 14.3. The topological polar surface area (TPSA) is 301 Å². The number of primary amides is 1. The van der Waals surface area contributed by atoms with Gasteiger partial charge in [-0.1, -0.05) is 71.9 Å². The van der Waals surface area contributed by atoms with E-state index in [2.05, 4.69) is 31.9 Å². The Morgan fingerprint density at radius 2 is 1.13 bits per heavy atom. The van der Waals surface area contributed by atoms with E-state index in [-0.39, 0.29) is 31.6 Å². The van der Waals surface area contributed by atoms with Crippen LogP contribution >= 0.6 is 0 Å². The molecule has 0 heterocycles. The van der Waals surface area contributed by atoms with Crippen LogP contribution in [0.5, 0.6) is 0 Å². The van der Waals surface area contributed by atoms with Crippen LogP contribution in [-0.2, 0) is 44.8 Å². The highest BCUT2D eigenvalue weighted by Gasteiger charge is 2.34. The average molecular weight is 763 g/mol. The molecule has 302 valence electrons. The summed E-state index contributed by atoms with van der Waals surface area (Å²) in [5, 5.41) is 34.0. The van der Waals surface area contributed by atoms with Gasteiger partial charge in [0.1, 0.15) is 42.3 Å². The Bertz CT molecular complexity index is 1460. The maximum atomic E-state index is 13.8. The Hall–Kier alpha value is -5.10. The first-order chi connectivity index (χ1) is 25.2. The lowest BCUT2D eigenvalue weighted by molar-refractivity contribution is -0.143. The summed E-state index contributed by atoms with van der Waals surface area (Å²) in [7, 11) is 0. The van der Waals surface area contributed by atoms with Crippen molar-refractivity contribution in [3.05, 3.63) is 35.9 Å². The lowest BCUT2D eigenvalue weighted by Gasteiger charge is -2.29. The van der Waals surface area contributed by atoms with E-state index >= 15 is 0 Å². The molecule has 1 aromatic rings. The number of nitrogens with one attached hydrogen (secondary N) is 6. The first kappa shape index (κ1) is 46.9. The lowest BCUT2D eigenvalue weighted by Crippen LogP contribution is -2.61. The Balaban J connectivity index is 3.26. The second kappa shape index (κ2) is 22.9. The van der Waals surface area contributed by atoms with E-state index in [9.17, 15) is 48.6 Å². The molecule has 0 radical (unpaired) electrons. The molecule has 0 aliphatic rings. The number of benzene rings is 1. The van der Waals surface area contributed by atoms with E-state index in [1.54, 1.807) is 58.0 Å². The van der Waals surface area contributed by atoms with Gasteiger partial charge in [0.25, 0.3) is 0 Å². The summed E-state index contributed by atoms with van der Waals surface area (Å²) in [5.74, 6) is -7.66. The summed E-state index contributed by atoms with van der Waals surface area (Å²) in [4.78, 5) is 103. The zero-order valence-corrected chi connectivity index (χ0v) is 32.0.